The zero-order valence-electron chi connectivity index (χ0n) is 7.58. The maximum absolute atomic E-state index is 13.2. The quantitative estimate of drug-likeness (QED) is 0.524. The Morgan fingerprint density at radius 3 is 3.00 bits per heavy atom. The molecule has 2 aromatic rings. The Labute approximate surface area is 79.7 Å². The molecule has 4 nitrogen and oxygen atoms in total. The number of hydrogen-bond acceptors (Lipinski definition) is 2. The summed E-state index contributed by atoms with van der Waals surface area (Å²) in [6.07, 6.45) is 1.63. The van der Waals surface area contributed by atoms with Gasteiger partial charge in [0.1, 0.15) is 11.5 Å². The van der Waals surface area contributed by atoms with E-state index in [-0.39, 0.29) is 11.5 Å². The molecular weight excluding hydrogens is 183 g/mol. The molecule has 0 spiro atoms. The molecule has 0 saturated carbocycles. The number of aromatic nitrogens is 2. The third kappa shape index (κ3) is 1.06. The van der Waals surface area contributed by atoms with Crippen LogP contribution in [-0.4, -0.2) is 15.2 Å². The van der Waals surface area contributed by atoms with Crippen molar-refractivity contribution in [2.75, 3.05) is 0 Å². The number of amidine groups is 1. The van der Waals surface area contributed by atoms with Crippen LogP contribution in [0.2, 0.25) is 0 Å². The minimum absolute atomic E-state index is 0.111. The van der Waals surface area contributed by atoms with Gasteiger partial charge in [-0.2, -0.15) is 0 Å². The van der Waals surface area contributed by atoms with E-state index in [0.29, 0.717) is 11.4 Å². The zero-order chi connectivity index (χ0) is 10.3. The third-order valence-electron chi connectivity index (χ3n) is 2.03. The molecule has 14 heavy (non-hydrogen) atoms. The van der Waals surface area contributed by atoms with E-state index in [0.717, 1.165) is 0 Å². The van der Waals surface area contributed by atoms with E-state index >= 15 is 0 Å². The van der Waals surface area contributed by atoms with E-state index in [1.165, 1.54) is 10.5 Å². The highest BCUT2D eigenvalue weighted by atomic mass is 19.1. The van der Waals surface area contributed by atoms with Crippen LogP contribution in [0.5, 0.6) is 0 Å². The number of aryl methyl sites for hydroxylation is 1. The smallest absolute Gasteiger partial charge is 0.174 e. The van der Waals surface area contributed by atoms with Gasteiger partial charge in [-0.25, -0.2) is 9.37 Å². The Morgan fingerprint density at radius 1 is 1.64 bits per heavy atom. The van der Waals surface area contributed by atoms with Gasteiger partial charge >= 0.3 is 0 Å². The number of pyridine rings is 1. The van der Waals surface area contributed by atoms with Crippen LogP contribution in [0.4, 0.5) is 4.39 Å². The lowest BCUT2D eigenvalue weighted by molar-refractivity contribution is 0.630. The lowest BCUT2D eigenvalue weighted by atomic mass is 10.3. The SMILES string of the molecule is Cc1nc2c(F)cccn2c1C(=N)N. The maximum Gasteiger partial charge on any atom is 0.174 e. The monoisotopic (exact) mass is 192 g/mol. The second-order valence-corrected chi connectivity index (χ2v) is 3.01. The fourth-order valence-corrected chi connectivity index (χ4v) is 1.47. The fourth-order valence-electron chi connectivity index (χ4n) is 1.47. The standard InChI is InChI=1S/C9H9FN4/c1-5-7(8(11)12)14-4-2-3-6(10)9(14)13-5/h2-4H,1H3,(H3,11,12). The van der Waals surface area contributed by atoms with E-state index < -0.39 is 5.82 Å². The van der Waals surface area contributed by atoms with Crippen LogP contribution in [0.3, 0.4) is 0 Å². The number of nitrogens with zero attached hydrogens (tertiary/aromatic N) is 2. The Balaban J connectivity index is 2.90. The van der Waals surface area contributed by atoms with E-state index in [9.17, 15) is 4.39 Å². The average Bonchev–Trinajstić information content (AvgIpc) is 2.42. The minimum atomic E-state index is -0.414. The van der Waals surface area contributed by atoms with Crippen LogP contribution in [-0.2, 0) is 0 Å². The van der Waals surface area contributed by atoms with Crippen LogP contribution >= 0.6 is 0 Å². The van der Waals surface area contributed by atoms with Crippen LogP contribution < -0.4 is 5.73 Å². The molecule has 5 heteroatoms. The summed E-state index contributed by atoms with van der Waals surface area (Å²) >= 11 is 0. The predicted molar refractivity (Wildman–Crippen MR) is 50.9 cm³/mol. The molecule has 72 valence electrons. The molecular formula is C9H9FN4. The molecule has 0 aromatic carbocycles. The number of fused-ring (bicyclic) bond motifs is 1. The molecule has 0 unspecified atom stereocenters. The zero-order valence-corrected chi connectivity index (χ0v) is 7.58. The molecule has 0 aliphatic rings. The number of hydrogen-bond donors (Lipinski definition) is 2. The van der Waals surface area contributed by atoms with Crippen molar-refractivity contribution in [1.82, 2.24) is 9.38 Å². The minimum Gasteiger partial charge on any atom is -0.382 e. The van der Waals surface area contributed by atoms with Crippen LogP contribution in [0, 0.1) is 18.2 Å². The number of nitrogens with two attached hydrogens (primary N) is 1. The topological polar surface area (TPSA) is 67.2 Å². The molecule has 0 fully saturated rings. The summed E-state index contributed by atoms with van der Waals surface area (Å²) < 4.78 is 14.7. The molecule has 2 aromatic heterocycles. The molecule has 0 amide bonds. The number of halogens is 1. The van der Waals surface area contributed by atoms with Crippen molar-refractivity contribution in [1.29, 1.82) is 5.41 Å². The Morgan fingerprint density at radius 2 is 2.36 bits per heavy atom. The first-order chi connectivity index (χ1) is 6.61. The Hall–Kier alpha value is -1.91. The summed E-state index contributed by atoms with van der Waals surface area (Å²) in [5, 5.41) is 7.34. The van der Waals surface area contributed by atoms with E-state index in [2.05, 4.69) is 4.98 Å². The second kappa shape index (κ2) is 2.80. The average molecular weight is 192 g/mol. The van der Waals surface area contributed by atoms with E-state index in [4.69, 9.17) is 11.1 Å². The summed E-state index contributed by atoms with van der Waals surface area (Å²) in [4.78, 5) is 4.00. The van der Waals surface area contributed by atoms with Gasteiger partial charge in [0.05, 0.1) is 5.69 Å². The van der Waals surface area contributed by atoms with Gasteiger partial charge in [0.25, 0.3) is 0 Å². The highest BCUT2D eigenvalue weighted by molar-refractivity contribution is 5.95. The van der Waals surface area contributed by atoms with Gasteiger partial charge in [0.2, 0.25) is 0 Å². The fraction of sp³-hybridized carbons (Fsp3) is 0.111. The van der Waals surface area contributed by atoms with Gasteiger partial charge in [-0.3, -0.25) is 9.81 Å². The highest BCUT2D eigenvalue weighted by Crippen LogP contribution is 2.13. The first-order valence-electron chi connectivity index (χ1n) is 4.09. The first kappa shape index (κ1) is 8.68. The van der Waals surface area contributed by atoms with Crippen molar-refractivity contribution in [3.8, 4) is 0 Å². The van der Waals surface area contributed by atoms with Crippen molar-refractivity contribution < 1.29 is 4.39 Å². The molecule has 0 saturated heterocycles. The van der Waals surface area contributed by atoms with Crippen LogP contribution in [0.1, 0.15) is 11.4 Å². The Bertz CT molecular complexity index is 515. The largest absolute Gasteiger partial charge is 0.382 e. The molecule has 2 heterocycles. The summed E-state index contributed by atoms with van der Waals surface area (Å²) in [6.45, 7) is 1.70. The summed E-state index contributed by atoms with van der Waals surface area (Å²) in [6, 6.07) is 2.88. The third-order valence-corrected chi connectivity index (χ3v) is 2.03. The number of rotatable bonds is 1. The molecule has 0 bridgehead atoms. The molecule has 2 rings (SSSR count). The van der Waals surface area contributed by atoms with Crippen molar-refractivity contribution >= 4 is 11.5 Å². The summed E-state index contributed by atoms with van der Waals surface area (Å²) in [5.41, 5.74) is 6.58. The van der Waals surface area contributed by atoms with Crippen LogP contribution in [0.15, 0.2) is 18.3 Å². The number of nitrogen functional groups attached to an aromatic ring is 1. The van der Waals surface area contributed by atoms with Crippen molar-refractivity contribution in [2.45, 2.75) is 6.92 Å². The van der Waals surface area contributed by atoms with E-state index in [1.54, 1.807) is 19.2 Å². The summed E-state index contributed by atoms with van der Waals surface area (Å²) in [7, 11) is 0. The predicted octanol–water partition coefficient (Wildman–Crippen LogP) is 1.07. The number of nitrogens with one attached hydrogen (secondary N) is 1. The number of imidazole rings is 1. The lowest BCUT2D eigenvalue weighted by Gasteiger charge is -1.99. The second-order valence-electron chi connectivity index (χ2n) is 3.01. The van der Waals surface area contributed by atoms with Gasteiger partial charge in [-0.1, -0.05) is 0 Å². The normalized spacial score (nSPS) is 10.7. The van der Waals surface area contributed by atoms with Gasteiger partial charge in [-0.05, 0) is 19.1 Å². The lowest BCUT2D eigenvalue weighted by Crippen LogP contribution is -2.15. The molecule has 0 aliphatic carbocycles. The van der Waals surface area contributed by atoms with Gasteiger partial charge in [0.15, 0.2) is 11.5 Å². The van der Waals surface area contributed by atoms with Crippen molar-refractivity contribution in [2.24, 2.45) is 5.73 Å². The van der Waals surface area contributed by atoms with Crippen molar-refractivity contribution in [3.05, 3.63) is 35.5 Å². The Kier molecular flexibility index (Phi) is 1.73. The van der Waals surface area contributed by atoms with Gasteiger partial charge in [-0.15, -0.1) is 0 Å². The first-order valence-corrected chi connectivity index (χ1v) is 4.09. The summed E-state index contributed by atoms with van der Waals surface area (Å²) in [5.74, 6) is -0.524. The van der Waals surface area contributed by atoms with Crippen LogP contribution in [0.25, 0.3) is 5.65 Å². The molecule has 0 aliphatic heterocycles. The molecule has 3 N–H and O–H groups in total. The maximum atomic E-state index is 13.2. The molecule has 0 atom stereocenters. The van der Waals surface area contributed by atoms with Crippen molar-refractivity contribution in [3.63, 3.8) is 0 Å². The highest BCUT2D eigenvalue weighted by Gasteiger charge is 2.12. The van der Waals surface area contributed by atoms with E-state index in [1.807, 2.05) is 0 Å². The van der Waals surface area contributed by atoms with Gasteiger partial charge in [0, 0.05) is 6.20 Å². The van der Waals surface area contributed by atoms with Gasteiger partial charge < -0.3 is 5.73 Å². The molecule has 0 radical (unpaired) electrons.